The molecular weight excluding hydrogens is 380 g/mol. The topological polar surface area (TPSA) is 59.3 Å². The highest BCUT2D eigenvalue weighted by molar-refractivity contribution is 7.99. The summed E-state index contributed by atoms with van der Waals surface area (Å²) in [5.41, 5.74) is 7.58. The second-order valence-electron chi connectivity index (χ2n) is 7.50. The number of benzene rings is 2. The smallest absolute Gasteiger partial charge is 0.225 e. The molecule has 6 heteroatoms. The van der Waals surface area contributed by atoms with Gasteiger partial charge in [0.25, 0.3) is 0 Å². The number of hydrogen-bond donors (Lipinski definition) is 1. The van der Waals surface area contributed by atoms with Crippen molar-refractivity contribution < 1.29 is 4.79 Å². The number of anilines is 1. The number of thioether (sulfide) groups is 1. The van der Waals surface area contributed by atoms with E-state index in [0.717, 1.165) is 27.6 Å². The lowest BCUT2D eigenvalue weighted by Gasteiger charge is -2.11. The molecule has 2 heterocycles. The van der Waals surface area contributed by atoms with E-state index >= 15 is 0 Å². The van der Waals surface area contributed by atoms with Crippen molar-refractivity contribution in [3.8, 4) is 0 Å². The van der Waals surface area contributed by atoms with E-state index in [4.69, 9.17) is 0 Å². The lowest BCUT2D eigenvalue weighted by atomic mass is 10.0. The Balaban J connectivity index is 1.54. The lowest BCUT2D eigenvalue weighted by molar-refractivity contribution is -0.115. The van der Waals surface area contributed by atoms with Crippen molar-refractivity contribution in [3.05, 3.63) is 64.7 Å². The molecular formula is C23H24N4OS. The van der Waals surface area contributed by atoms with E-state index in [2.05, 4.69) is 58.9 Å². The molecule has 0 saturated heterocycles. The van der Waals surface area contributed by atoms with E-state index in [1.54, 1.807) is 11.8 Å². The molecule has 0 unspecified atom stereocenters. The summed E-state index contributed by atoms with van der Waals surface area (Å²) in [5, 5.41) is 13.7. The number of rotatable bonds is 5. The Morgan fingerprint density at radius 1 is 1.00 bits per heavy atom. The molecule has 0 fully saturated rings. The van der Waals surface area contributed by atoms with Gasteiger partial charge in [-0.05, 0) is 68.7 Å². The maximum absolute atomic E-state index is 12.3. The predicted octanol–water partition coefficient (Wildman–Crippen LogP) is 5.24. The molecule has 0 radical (unpaired) electrons. The molecule has 0 bridgehead atoms. The number of amides is 1. The molecule has 0 aliphatic rings. The Labute approximate surface area is 174 Å². The van der Waals surface area contributed by atoms with Crippen molar-refractivity contribution >= 4 is 39.9 Å². The molecule has 5 nitrogen and oxygen atoms in total. The van der Waals surface area contributed by atoms with Crippen LogP contribution in [0.4, 0.5) is 5.69 Å². The minimum absolute atomic E-state index is 0.00410. The van der Waals surface area contributed by atoms with Crippen molar-refractivity contribution in [1.29, 1.82) is 0 Å². The highest BCUT2D eigenvalue weighted by Crippen LogP contribution is 2.29. The second-order valence-corrected chi connectivity index (χ2v) is 8.56. The summed E-state index contributed by atoms with van der Waals surface area (Å²) >= 11 is 1.56. The third kappa shape index (κ3) is 3.98. The number of carbonyl (C=O) groups excluding carboxylic acids is 1. The van der Waals surface area contributed by atoms with Gasteiger partial charge in [0.1, 0.15) is 0 Å². The maximum Gasteiger partial charge on any atom is 0.225 e. The fourth-order valence-corrected chi connectivity index (χ4v) is 4.57. The van der Waals surface area contributed by atoms with E-state index in [1.807, 2.05) is 31.2 Å². The monoisotopic (exact) mass is 404 g/mol. The summed E-state index contributed by atoms with van der Waals surface area (Å²) in [4.78, 5) is 12.3. The number of aromatic nitrogens is 3. The molecule has 1 amide bonds. The fraction of sp³-hybridized carbons (Fsp3) is 0.261. The van der Waals surface area contributed by atoms with Gasteiger partial charge in [-0.3, -0.25) is 9.20 Å². The Morgan fingerprint density at radius 3 is 2.62 bits per heavy atom. The van der Waals surface area contributed by atoms with Gasteiger partial charge in [0.2, 0.25) is 5.91 Å². The van der Waals surface area contributed by atoms with Gasteiger partial charge < -0.3 is 5.32 Å². The second kappa shape index (κ2) is 7.87. The van der Waals surface area contributed by atoms with Crippen LogP contribution in [0.2, 0.25) is 0 Å². The van der Waals surface area contributed by atoms with Crippen LogP contribution in [0.3, 0.4) is 0 Å². The molecule has 4 aromatic rings. The van der Waals surface area contributed by atoms with Gasteiger partial charge >= 0.3 is 0 Å². The van der Waals surface area contributed by atoms with Gasteiger partial charge in [-0.1, -0.05) is 35.5 Å². The Morgan fingerprint density at radius 2 is 1.83 bits per heavy atom. The predicted molar refractivity (Wildman–Crippen MR) is 120 cm³/mol. The highest BCUT2D eigenvalue weighted by Gasteiger charge is 2.14. The van der Waals surface area contributed by atoms with Gasteiger partial charge in [0, 0.05) is 23.2 Å². The summed E-state index contributed by atoms with van der Waals surface area (Å²) in [6.45, 7) is 8.36. The van der Waals surface area contributed by atoms with Crippen LogP contribution in [-0.2, 0) is 4.79 Å². The minimum Gasteiger partial charge on any atom is -0.326 e. The van der Waals surface area contributed by atoms with Gasteiger partial charge in [-0.2, -0.15) is 0 Å². The number of pyridine rings is 1. The molecule has 0 aliphatic heterocycles. The van der Waals surface area contributed by atoms with E-state index < -0.39 is 0 Å². The first-order valence-electron chi connectivity index (χ1n) is 9.67. The van der Waals surface area contributed by atoms with Crippen LogP contribution in [-0.4, -0.2) is 26.3 Å². The third-order valence-corrected chi connectivity index (χ3v) is 5.89. The number of nitrogens with one attached hydrogen (secondary N) is 1. The zero-order valence-corrected chi connectivity index (χ0v) is 17.9. The molecule has 148 valence electrons. The summed E-state index contributed by atoms with van der Waals surface area (Å²) < 4.78 is 2.11. The largest absolute Gasteiger partial charge is 0.326 e. The first-order chi connectivity index (χ1) is 13.9. The number of carbonyl (C=O) groups is 1. The molecule has 0 atom stereocenters. The fourth-order valence-electron chi connectivity index (χ4n) is 3.69. The highest BCUT2D eigenvalue weighted by atomic mass is 32.2. The summed E-state index contributed by atoms with van der Waals surface area (Å²) in [6, 6.07) is 14.3. The quantitative estimate of drug-likeness (QED) is 0.462. The van der Waals surface area contributed by atoms with E-state index in [0.29, 0.717) is 12.2 Å². The van der Waals surface area contributed by atoms with Gasteiger partial charge in [-0.25, -0.2) is 0 Å². The average molecular weight is 405 g/mol. The number of hydrogen-bond acceptors (Lipinski definition) is 4. The number of aryl methyl sites for hydroxylation is 4. The zero-order valence-electron chi connectivity index (χ0n) is 17.1. The molecule has 2 aromatic heterocycles. The van der Waals surface area contributed by atoms with Crippen LogP contribution < -0.4 is 5.32 Å². The maximum atomic E-state index is 12.3. The summed E-state index contributed by atoms with van der Waals surface area (Å²) in [6.07, 6.45) is 0.412. The standard InChI is InChI=1S/C23H24N4OS/c1-14-6-5-7-18(11-14)24-21(28)8-9-29-23-26-25-20-13-16(3)19-12-15(2)10-17(4)22(19)27(20)23/h5-7,10-13H,8-9H2,1-4H3,(H,24,28). The zero-order chi connectivity index (χ0) is 20.5. The molecule has 29 heavy (non-hydrogen) atoms. The normalized spacial score (nSPS) is 11.3. The van der Waals surface area contributed by atoms with Crippen molar-refractivity contribution in [2.75, 3.05) is 11.1 Å². The Bertz CT molecular complexity index is 1230. The van der Waals surface area contributed by atoms with Crippen molar-refractivity contribution in [2.45, 2.75) is 39.3 Å². The van der Waals surface area contributed by atoms with Crippen molar-refractivity contribution in [2.24, 2.45) is 0 Å². The van der Waals surface area contributed by atoms with Crippen LogP contribution in [0, 0.1) is 27.7 Å². The number of nitrogens with zero attached hydrogens (tertiary/aromatic N) is 3. The van der Waals surface area contributed by atoms with Crippen LogP contribution >= 0.6 is 11.8 Å². The third-order valence-electron chi connectivity index (χ3n) is 4.96. The van der Waals surface area contributed by atoms with Crippen LogP contribution in [0.5, 0.6) is 0 Å². The minimum atomic E-state index is 0.00410. The van der Waals surface area contributed by atoms with Crippen molar-refractivity contribution in [3.63, 3.8) is 0 Å². The van der Waals surface area contributed by atoms with Crippen LogP contribution in [0.25, 0.3) is 16.6 Å². The van der Waals surface area contributed by atoms with Gasteiger partial charge in [0.15, 0.2) is 10.8 Å². The molecule has 1 N–H and O–H groups in total. The average Bonchev–Trinajstić information content (AvgIpc) is 3.04. The van der Waals surface area contributed by atoms with E-state index in [-0.39, 0.29) is 5.91 Å². The Kier molecular flexibility index (Phi) is 5.28. The first kappa shape index (κ1) is 19.5. The van der Waals surface area contributed by atoms with Crippen LogP contribution in [0.1, 0.15) is 28.7 Å². The van der Waals surface area contributed by atoms with E-state index in [9.17, 15) is 4.79 Å². The molecule has 0 aliphatic carbocycles. The van der Waals surface area contributed by atoms with Crippen LogP contribution in [0.15, 0.2) is 47.6 Å². The molecule has 0 saturated carbocycles. The molecule has 4 rings (SSSR count). The molecule has 2 aromatic carbocycles. The van der Waals surface area contributed by atoms with E-state index in [1.165, 1.54) is 22.1 Å². The Hall–Kier alpha value is -2.86. The lowest BCUT2D eigenvalue weighted by Crippen LogP contribution is -2.12. The SMILES string of the molecule is Cc1cccc(NC(=O)CCSc2nnc3cc(C)c4cc(C)cc(C)c4n23)c1. The summed E-state index contributed by atoms with van der Waals surface area (Å²) in [7, 11) is 0. The first-order valence-corrected chi connectivity index (χ1v) is 10.7. The number of fused-ring (bicyclic) bond motifs is 3. The van der Waals surface area contributed by atoms with Gasteiger partial charge in [-0.15, -0.1) is 10.2 Å². The summed E-state index contributed by atoms with van der Waals surface area (Å²) in [5.74, 6) is 0.642. The van der Waals surface area contributed by atoms with Crippen molar-refractivity contribution in [1.82, 2.24) is 14.6 Å². The van der Waals surface area contributed by atoms with Gasteiger partial charge in [0.05, 0.1) is 5.52 Å². The molecule has 0 spiro atoms.